The third-order valence-electron chi connectivity index (χ3n) is 3.02. The normalized spacial score (nSPS) is 11.2. The maximum Gasteiger partial charge on any atom is 0.307 e. The number of carboxylic acids is 1. The lowest BCUT2D eigenvalue weighted by Gasteiger charge is -1.99. The van der Waals surface area contributed by atoms with Crippen molar-refractivity contribution in [1.29, 1.82) is 0 Å². The molecule has 0 fully saturated rings. The van der Waals surface area contributed by atoms with E-state index in [1.807, 2.05) is 36.4 Å². The van der Waals surface area contributed by atoms with Crippen molar-refractivity contribution in [2.24, 2.45) is 0 Å². The van der Waals surface area contributed by atoms with Crippen molar-refractivity contribution < 1.29 is 9.90 Å². The topological polar surface area (TPSA) is 53.1 Å². The van der Waals surface area contributed by atoms with Crippen LogP contribution < -0.4 is 0 Å². The monoisotopic (exact) mass is 259 g/mol. The Morgan fingerprint density at radius 1 is 1.22 bits per heavy atom. The predicted molar refractivity (Wildman–Crippen MR) is 72.2 cm³/mol. The Kier molecular flexibility index (Phi) is 2.49. The molecule has 2 aromatic carbocycles. The Balaban J connectivity index is 2.34. The number of hydrogen-bond acceptors (Lipinski definition) is 1. The predicted octanol–water partition coefficient (Wildman–Crippen LogP) is 3.60. The number of aromatic amines is 1. The van der Waals surface area contributed by atoms with E-state index in [1.165, 1.54) is 0 Å². The fourth-order valence-corrected chi connectivity index (χ4v) is 2.44. The van der Waals surface area contributed by atoms with Crippen LogP contribution in [0, 0.1) is 0 Å². The Morgan fingerprint density at radius 2 is 2.06 bits per heavy atom. The van der Waals surface area contributed by atoms with Gasteiger partial charge in [-0.1, -0.05) is 35.9 Å². The van der Waals surface area contributed by atoms with Crippen LogP contribution in [-0.2, 0) is 11.2 Å². The second-order valence-corrected chi connectivity index (χ2v) is 4.66. The zero-order chi connectivity index (χ0) is 12.7. The minimum atomic E-state index is -0.834. The number of carbonyl (C=O) groups is 1. The van der Waals surface area contributed by atoms with Crippen molar-refractivity contribution in [1.82, 2.24) is 4.98 Å². The highest BCUT2D eigenvalue weighted by Crippen LogP contribution is 2.29. The van der Waals surface area contributed by atoms with Crippen LogP contribution in [0.1, 0.15) is 5.56 Å². The molecule has 3 aromatic rings. The maximum atomic E-state index is 10.8. The van der Waals surface area contributed by atoms with Crippen LogP contribution in [0.3, 0.4) is 0 Å². The van der Waals surface area contributed by atoms with Crippen molar-refractivity contribution in [2.75, 3.05) is 0 Å². The number of benzene rings is 2. The molecule has 4 heteroatoms. The van der Waals surface area contributed by atoms with E-state index in [4.69, 9.17) is 16.7 Å². The quantitative estimate of drug-likeness (QED) is 0.739. The molecule has 0 radical (unpaired) electrons. The van der Waals surface area contributed by atoms with Crippen molar-refractivity contribution >= 4 is 39.4 Å². The van der Waals surface area contributed by atoms with E-state index < -0.39 is 5.97 Å². The van der Waals surface area contributed by atoms with Gasteiger partial charge in [-0.25, -0.2) is 0 Å². The van der Waals surface area contributed by atoms with Crippen LogP contribution in [0.15, 0.2) is 36.4 Å². The van der Waals surface area contributed by atoms with E-state index >= 15 is 0 Å². The molecule has 1 heterocycles. The van der Waals surface area contributed by atoms with Gasteiger partial charge in [-0.2, -0.15) is 0 Å². The molecule has 3 nitrogen and oxygen atoms in total. The summed E-state index contributed by atoms with van der Waals surface area (Å²) in [5.74, 6) is -0.834. The SMILES string of the molecule is O=C(O)Cc1cccc2c1[nH]c1cc(Cl)ccc12. The molecule has 0 bridgehead atoms. The van der Waals surface area contributed by atoms with Gasteiger partial charge in [-0.3, -0.25) is 4.79 Å². The third-order valence-corrected chi connectivity index (χ3v) is 3.26. The van der Waals surface area contributed by atoms with Crippen LogP contribution in [0.5, 0.6) is 0 Å². The van der Waals surface area contributed by atoms with Gasteiger partial charge in [0.15, 0.2) is 0 Å². The number of aliphatic carboxylic acids is 1. The number of fused-ring (bicyclic) bond motifs is 3. The summed E-state index contributed by atoms with van der Waals surface area (Å²) >= 11 is 5.96. The molecule has 3 rings (SSSR count). The number of rotatable bonds is 2. The zero-order valence-corrected chi connectivity index (χ0v) is 10.2. The first-order valence-electron chi connectivity index (χ1n) is 5.56. The lowest BCUT2D eigenvalue weighted by atomic mass is 10.1. The van der Waals surface area contributed by atoms with Gasteiger partial charge in [0.2, 0.25) is 0 Å². The van der Waals surface area contributed by atoms with Gasteiger partial charge < -0.3 is 10.1 Å². The standard InChI is InChI=1S/C14H10ClNO2/c15-9-4-5-10-11-3-1-2-8(6-13(17)18)14(11)16-12(10)7-9/h1-5,7,16H,6H2,(H,17,18). The first kappa shape index (κ1) is 11.1. The van der Waals surface area contributed by atoms with E-state index in [9.17, 15) is 4.79 Å². The van der Waals surface area contributed by atoms with Gasteiger partial charge >= 0.3 is 5.97 Å². The number of carboxylic acid groups (broad SMARTS) is 1. The van der Waals surface area contributed by atoms with Gasteiger partial charge in [-0.05, 0) is 17.7 Å². The van der Waals surface area contributed by atoms with Crippen molar-refractivity contribution in [3.8, 4) is 0 Å². The summed E-state index contributed by atoms with van der Waals surface area (Å²) < 4.78 is 0. The van der Waals surface area contributed by atoms with Crippen molar-refractivity contribution in [3.63, 3.8) is 0 Å². The first-order valence-corrected chi connectivity index (χ1v) is 5.93. The molecule has 0 spiro atoms. The minimum Gasteiger partial charge on any atom is -0.481 e. The Morgan fingerprint density at radius 3 is 2.83 bits per heavy atom. The molecule has 0 unspecified atom stereocenters. The molecule has 18 heavy (non-hydrogen) atoms. The van der Waals surface area contributed by atoms with Gasteiger partial charge in [0, 0.05) is 21.3 Å². The summed E-state index contributed by atoms with van der Waals surface area (Å²) in [5.41, 5.74) is 2.58. The minimum absolute atomic E-state index is 0.0118. The number of hydrogen-bond donors (Lipinski definition) is 2. The summed E-state index contributed by atoms with van der Waals surface area (Å²) in [6, 6.07) is 11.3. The van der Waals surface area contributed by atoms with E-state index in [1.54, 1.807) is 0 Å². The summed E-state index contributed by atoms with van der Waals surface area (Å²) in [4.78, 5) is 14.1. The van der Waals surface area contributed by atoms with E-state index in [0.717, 1.165) is 27.4 Å². The van der Waals surface area contributed by atoms with Crippen LogP contribution in [0.4, 0.5) is 0 Å². The molecular formula is C14H10ClNO2. The number of para-hydroxylation sites is 1. The molecule has 0 amide bonds. The second-order valence-electron chi connectivity index (χ2n) is 4.23. The Labute approximate surface area is 108 Å². The summed E-state index contributed by atoms with van der Waals surface area (Å²) in [7, 11) is 0. The van der Waals surface area contributed by atoms with Gasteiger partial charge in [0.05, 0.1) is 11.9 Å². The van der Waals surface area contributed by atoms with E-state index in [-0.39, 0.29) is 6.42 Å². The van der Waals surface area contributed by atoms with Crippen LogP contribution in [0.2, 0.25) is 5.02 Å². The van der Waals surface area contributed by atoms with Crippen LogP contribution in [-0.4, -0.2) is 16.1 Å². The van der Waals surface area contributed by atoms with Crippen LogP contribution in [0.25, 0.3) is 21.8 Å². The maximum absolute atomic E-state index is 10.8. The molecule has 90 valence electrons. The lowest BCUT2D eigenvalue weighted by molar-refractivity contribution is -0.136. The number of halogens is 1. The summed E-state index contributed by atoms with van der Waals surface area (Å²) in [6.45, 7) is 0. The molecule has 0 saturated carbocycles. The molecule has 0 aliphatic carbocycles. The molecular weight excluding hydrogens is 250 g/mol. The fraction of sp³-hybridized carbons (Fsp3) is 0.0714. The van der Waals surface area contributed by atoms with Gasteiger partial charge in [0.1, 0.15) is 0 Å². The molecule has 0 saturated heterocycles. The van der Waals surface area contributed by atoms with Crippen LogP contribution >= 0.6 is 11.6 Å². The molecule has 0 aliphatic heterocycles. The Bertz CT molecular complexity index is 761. The van der Waals surface area contributed by atoms with Crippen molar-refractivity contribution in [2.45, 2.75) is 6.42 Å². The third kappa shape index (κ3) is 1.73. The highest BCUT2D eigenvalue weighted by atomic mass is 35.5. The highest BCUT2D eigenvalue weighted by molar-refractivity contribution is 6.31. The smallest absolute Gasteiger partial charge is 0.307 e. The number of aromatic nitrogens is 1. The summed E-state index contributed by atoms with van der Waals surface area (Å²) in [6.07, 6.45) is 0.0118. The van der Waals surface area contributed by atoms with E-state index in [0.29, 0.717) is 5.02 Å². The number of nitrogens with one attached hydrogen (secondary N) is 1. The van der Waals surface area contributed by atoms with Crippen molar-refractivity contribution in [3.05, 3.63) is 47.0 Å². The number of H-pyrrole nitrogens is 1. The molecule has 0 atom stereocenters. The lowest BCUT2D eigenvalue weighted by Crippen LogP contribution is -2.00. The first-order chi connectivity index (χ1) is 8.65. The molecule has 1 aromatic heterocycles. The average Bonchev–Trinajstić information content (AvgIpc) is 2.67. The molecule has 0 aliphatic rings. The van der Waals surface area contributed by atoms with Gasteiger partial charge in [0.25, 0.3) is 0 Å². The zero-order valence-electron chi connectivity index (χ0n) is 9.40. The fourth-order valence-electron chi connectivity index (χ4n) is 2.27. The average molecular weight is 260 g/mol. The van der Waals surface area contributed by atoms with Gasteiger partial charge in [-0.15, -0.1) is 0 Å². The molecule has 2 N–H and O–H groups in total. The van der Waals surface area contributed by atoms with E-state index in [2.05, 4.69) is 4.98 Å². The highest BCUT2D eigenvalue weighted by Gasteiger charge is 2.10. The summed E-state index contributed by atoms with van der Waals surface area (Å²) in [5, 5.41) is 11.7. The largest absolute Gasteiger partial charge is 0.481 e. The Hall–Kier alpha value is -2.00. The second kappa shape index (κ2) is 4.03.